The zero-order chi connectivity index (χ0) is 12.3. The molecule has 1 aromatic rings. The van der Waals surface area contributed by atoms with Gasteiger partial charge < -0.3 is 4.90 Å². The Bertz CT molecular complexity index is 398. The molecule has 0 aliphatic carbocycles. The third-order valence-electron chi connectivity index (χ3n) is 1.97. The van der Waals surface area contributed by atoms with Crippen molar-refractivity contribution >= 4 is 29.1 Å². The van der Waals surface area contributed by atoms with E-state index in [9.17, 15) is 13.6 Å². The van der Waals surface area contributed by atoms with E-state index in [4.69, 9.17) is 23.2 Å². The molecule has 1 aromatic carbocycles. The van der Waals surface area contributed by atoms with Crippen molar-refractivity contribution in [2.75, 3.05) is 7.05 Å². The second-order valence-corrected chi connectivity index (χ2v) is 4.06. The van der Waals surface area contributed by atoms with Gasteiger partial charge in [0.2, 0.25) is 0 Å². The van der Waals surface area contributed by atoms with Crippen molar-refractivity contribution in [3.63, 3.8) is 0 Å². The number of nitrogens with zero attached hydrogens (tertiary/aromatic N) is 1. The molecule has 0 saturated heterocycles. The second-order valence-electron chi connectivity index (χ2n) is 3.24. The molecule has 1 rings (SSSR count). The number of carbonyl (C=O) groups is 1. The molecule has 0 fully saturated rings. The number of halogens is 4. The first-order valence-corrected chi connectivity index (χ1v) is 5.14. The van der Waals surface area contributed by atoms with E-state index in [-0.39, 0.29) is 6.54 Å². The van der Waals surface area contributed by atoms with Crippen molar-refractivity contribution in [3.8, 4) is 0 Å². The summed E-state index contributed by atoms with van der Waals surface area (Å²) in [6, 6.07) is 4.72. The van der Waals surface area contributed by atoms with Crippen LogP contribution in [0.25, 0.3) is 0 Å². The molecule has 1 amide bonds. The fraction of sp³-hybridized carbons (Fsp3) is 0.300. The van der Waals surface area contributed by atoms with E-state index in [0.29, 0.717) is 15.6 Å². The molecule has 0 aliphatic heterocycles. The van der Waals surface area contributed by atoms with Crippen molar-refractivity contribution in [3.05, 3.63) is 33.8 Å². The summed E-state index contributed by atoms with van der Waals surface area (Å²) in [6.07, 6.45) is -2.99. The smallest absolute Gasteiger partial charge is 0.315 e. The maximum atomic E-state index is 12.1. The molecular formula is C10H9Cl2F2NO. The summed E-state index contributed by atoms with van der Waals surface area (Å²) in [4.78, 5) is 11.9. The first-order valence-electron chi connectivity index (χ1n) is 4.39. The van der Waals surface area contributed by atoms with Crippen LogP contribution in [0.4, 0.5) is 8.78 Å². The summed E-state index contributed by atoms with van der Waals surface area (Å²) in [7, 11) is 1.30. The largest absolute Gasteiger partial charge is 0.336 e. The molecule has 0 heterocycles. The predicted molar refractivity (Wildman–Crippen MR) is 58.9 cm³/mol. The average molecular weight is 268 g/mol. The monoisotopic (exact) mass is 267 g/mol. The molecule has 2 nitrogen and oxygen atoms in total. The Kier molecular flexibility index (Phi) is 4.50. The number of benzene rings is 1. The molecule has 0 atom stereocenters. The Morgan fingerprint density at radius 2 is 2.00 bits per heavy atom. The van der Waals surface area contributed by atoms with Crippen LogP contribution in [-0.4, -0.2) is 24.3 Å². The van der Waals surface area contributed by atoms with E-state index in [2.05, 4.69) is 0 Å². The summed E-state index contributed by atoms with van der Waals surface area (Å²) in [5, 5.41) is 0.713. The van der Waals surface area contributed by atoms with Gasteiger partial charge in [-0.1, -0.05) is 29.3 Å². The summed E-state index contributed by atoms with van der Waals surface area (Å²) < 4.78 is 24.2. The minimum atomic E-state index is -2.99. The van der Waals surface area contributed by atoms with Crippen LogP contribution in [0.15, 0.2) is 18.2 Å². The molecule has 0 radical (unpaired) electrons. The summed E-state index contributed by atoms with van der Waals surface area (Å²) in [6.45, 7) is 0.0695. The van der Waals surface area contributed by atoms with Gasteiger partial charge in [-0.15, -0.1) is 0 Å². The van der Waals surface area contributed by atoms with Crippen LogP contribution in [0.1, 0.15) is 5.56 Å². The van der Waals surface area contributed by atoms with Gasteiger partial charge in [0.15, 0.2) is 0 Å². The van der Waals surface area contributed by atoms with Crippen LogP contribution < -0.4 is 0 Å². The van der Waals surface area contributed by atoms with Gasteiger partial charge >= 0.3 is 6.43 Å². The maximum Gasteiger partial charge on any atom is 0.315 e. The van der Waals surface area contributed by atoms with Gasteiger partial charge in [-0.25, -0.2) is 0 Å². The predicted octanol–water partition coefficient (Wildman–Crippen LogP) is 3.22. The Balaban J connectivity index is 2.73. The van der Waals surface area contributed by atoms with Crippen molar-refractivity contribution in [2.45, 2.75) is 13.0 Å². The van der Waals surface area contributed by atoms with Crippen LogP contribution in [-0.2, 0) is 11.3 Å². The fourth-order valence-electron chi connectivity index (χ4n) is 1.16. The lowest BCUT2D eigenvalue weighted by Gasteiger charge is -2.16. The number of amides is 1. The third kappa shape index (κ3) is 3.32. The van der Waals surface area contributed by atoms with Gasteiger partial charge in [-0.3, -0.25) is 4.79 Å². The fourth-order valence-corrected chi connectivity index (χ4v) is 1.48. The summed E-state index contributed by atoms with van der Waals surface area (Å²) in [5.41, 5.74) is 0.644. The minimum Gasteiger partial charge on any atom is -0.336 e. The average Bonchev–Trinajstić information content (AvgIpc) is 2.22. The van der Waals surface area contributed by atoms with E-state index in [1.165, 1.54) is 7.05 Å². The lowest BCUT2D eigenvalue weighted by atomic mass is 10.2. The molecule has 6 heteroatoms. The molecule has 0 spiro atoms. The van der Waals surface area contributed by atoms with E-state index in [1.807, 2.05) is 0 Å². The van der Waals surface area contributed by atoms with E-state index in [1.54, 1.807) is 18.2 Å². The Labute approximate surface area is 102 Å². The van der Waals surface area contributed by atoms with Crippen LogP contribution in [0, 0.1) is 0 Å². The number of hydrogen-bond donors (Lipinski definition) is 0. The van der Waals surface area contributed by atoms with Gasteiger partial charge in [-0.2, -0.15) is 8.78 Å². The molecule has 0 saturated carbocycles. The number of rotatable bonds is 3. The van der Waals surface area contributed by atoms with Gasteiger partial charge in [0, 0.05) is 13.6 Å². The third-order valence-corrected chi connectivity index (χ3v) is 2.71. The molecule has 16 heavy (non-hydrogen) atoms. The van der Waals surface area contributed by atoms with Crippen molar-refractivity contribution < 1.29 is 13.6 Å². The Morgan fingerprint density at radius 3 is 2.50 bits per heavy atom. The maximum absolute atomic E-state index is 12.1. The number of hydrogen-bond acceptors (Lipinski definition) is 1. The van der Waals surface area contributed by atoms with E-state index >= 15 is 0 Å². The van der Waals surface area contributed by atoms with Gasteiger partial charge in [-0.05, 0) is 17.7 Å². The minimum absolute atomic E-state index is 0.0695. The normalized spacial score (nSPS) is 10.6. The first kappa shape index (κ1) is 13.2. The second kappa shape index (κ2) is 5.46. The van der Waals surface area contributed by atoms with Crippen molar-refractivity contribution in [1.29, 1.82) is 0 Å². The highest BCUT2D eigenvalue weighted by molar-refractivity contribution is 6.42. The number of alkyl halides is 2. The Hall–Kier alpha value is -0.870. The Morgan fingerprint density at radius 1 is 1.38 bits per heavy atom. The van der Waals surface area contributed by atoms with E-state index in [0.717, 1.165) is 4.90 Å². The highest BCUT2D eigenvalue weighted by Crippen LogP contribution is 2.23. The first-order chi connectivity index (χ1) is 7.41. The lowest BCUT2D eigenvalue weighted by Crippen LogP contribution is -2.31. The summed E-state index contributed by atoms with van der Waals surface area (Å²) >= 11 is 11.5. The topological polar surface area (TPSA) is 20.3 Å². The molecule has 0 unspecified atom stereocenters. The van der Waals surface area contributed by atoms with Crippen LogP contribution in [0.2, 0.25) is 10.0 Å². The molecule has 0 aromatic heterocycles. The van der Waals surface area contributed by atoms with Crippen LogP contribution in [0.3, 0.4) is 0 Å². The standard InChI is InChI=1S/C10H9Cl2F2NO/c1-15(10(16)9(13)14)5-6-2-3-7(11)8(12)4-6/h2-4,9H,5H2,1H3. The highest BCUT2D eigenvalue weighted by Gasteiger charge is 2.20. The zero-order valence-corrected chi connectivity index (χ0v) is 9.90. The van der Waals surface area contributed by atoms with Gasteiger partial charge in [0.1, 0.15) is 0 Å². The molecule has 0 aliphatic rings. The van der Waals surface area contributed by atoms with Crippen LogP contribution in [0.5, 0.6) is 0 Å². The summed E-state index contributed by atoms with van der Waals surface area (Å²) in [5.74, 6) is -1.22. The molecular weight excluding hydrogens is 259 g/mol. The van der Waals surface area contributed by atoms with Crippen LogP contribution >= 0.6 is 23.2 Å². The molecule has 88 valence electrons. The quantitative estimate of drug-likeness (QED) is 0.824. The van der Waals surface area contributed by atoms with Crippen molar-refractivity contribution in [1.82, 2.24) is 4.90 Å². The lowest BCUT2D eigenvalue weighted by molar-refractivity contribution is -0.141. The van der Waals surface area contributed by atoms with Gasteiger partial charge in [0.25, 0.3) is 5.91 Å². The molecule has 0 bridgehead atoms. The van der Waals surface area contributed by atoms with E-state index < -0.39 is 12.3 Å². The SMILES string of the molecule is CN(Cc1ccc(Cl)c(Cl)c1)C(=O)C(F)F. The highest BCUT2D eigenvalue weighted by atomic mass is 35.5. The van der Waals surface area contributed by atoms with Crippen molar-refractivity contribution in [2.24, 2.45) is 0 Å². The molecule has 0 N–H and O–H groups in total. The number of carbonyl (C=O) groups excluding carboxylic acids is 1. The van der Waals surface area contributed by atoms with Gasteiger partial charge in [0.05, 0.1) is 10.0 Å². The zero-order valence-electron chi connectivity index (χ0n) is 8.38.